The monoisotopic (exact) mass is 470 g/mol. The van der Waals surface area contributed by atoms with Crippen LogP contribution in [0.2, 0.25) is 0 Å². The Bertz CT molecular complexity index is 1030. The third-order valence-electron chi connectivity index (χ3n) is 4.80. The third kappa shape index (κ3) is 5.87. The van der Waals surface area contributed by atoms with Gasteiger partial charge in [0.2, 0.25) is 15.9 Å². The first kappa shape index (κ1) is 23.3. The van der Waals surface area contributed by atoms with E-state index in [9.17, 15) is 18.0 Å². The Balaban J connectivity index is 1.48. The molecule has 31 heavy (non-hydrogen) atoms. The lowest BCUT2D eigenvalue weighted by Gasteiger charge is -2.21. The lowest BCUT2D eigenvalue weighted by atomic mass is 10.4. The molecule has 3 rings (SSSR count). The van der Waals surface area contributed by atoms with Crippen molar-refractivity contribution in [2.45, 2.75) is 38.5 Å². The van der Waals surface area contributed by atoms with Crippen molar-refractivity contribution in [1.82, 2.24) is 30.2 Å². The second kappa shape index (κ2) is 9.85. The van der Waals surface area contributed by atoms with Gasteiger partial charge < -0.3 is 4.52 Å². The van der Waals surface area contributed by atoms with E-state index in [4.69, 9.17) is 4.52 Å². The van der Waals surface area contributed by atoms with Gasteiger partial charge in [0, 0.05) is 30.7 Å². The minimum absolute atomic E-state index is 0.0514. The van der Waals surface area contributed by atoms with E-state index in [1.54, 1.807) is 13.8 Å². The summed E-state index contributed by atoms with van der Waals surface area (Å²) in [5, 5.41) is 6.27. The standard InChI is InChI=1S/C18H26N6O5S2/c1-12-11-30-17(19-12)9-15(25)20-21-16(26)10-23-5-4-6-24(8-7-23)31(27,28)18-13(2)22-29-14(18)3/h11H,4-10H2,1-3H3,(H,20,25)(H,21,26). The number of aryl methyl sites for hydroxylation is 3. The molecule has 2 aromatic rings. The lowest BCUT2D eigenvalue weighted by molar-refractivity contribution is -0.129. The van der Waals surface area contributed by atoms with Gasteiger partial charge in [-0.25, -0.2) is 13.4 Å². The molecule has 2 aromatic heterocycles. The Morgan fingerprint density at radius 2 is 1.87 bits per heavy atom. The quantitative estimate of drug-likeness (QED) is 0.569. The molecule has 0 unspecified atom stereocenters. The summed E-state index contributed by atoms with van der Waals surface area (Å²) in [5.74, 6) is -0.456. The zero-order chi connectivity index (χ0) is 22.6. The van der Waals surface area contributed by atoms with Crippen molar-refractivity contribution in [2.75, 3.05) is 32.7 Å². The van der Waals surface area contributed by atoms with E-state index in [0.29, 0.717) is 36.8 Å². The van der Waals surface area contributed by atoms with E-state index < -0.39 is 10.0 Å². The summed E-state index contributed by atoms with van der Waals surface area (Å²) in [7, 11) is -3.72. The molecule has 0 aromatic carbocycles. The van der Waals surface area contributed by atoms with Crippen LogP contribution in [0.3, 0.4) is 0 Å². The molecular weight excluding hydrogens is 444 g/mol. The molecule has 0 bridgehead atoms. The highest BCUT2D eigenvalue weighted by atomic mass is 32.2. The van der Waals surface area contributed by atoms with Crippen LogP contribution < -0.4 is 10.9 Å². The highest BCUT2D eigenvalue weighted by molar-refractivity contribution is 7.89. The molecule has 2 N–H and O–H groups in total. The number of hydrogen-bond donors (Lipinski definition) is 2. The van der Waals surface area contributed by atoms with Crippen molar-refractivity contribution in [1.29, 1.82) is 0 Å². The minimum Gasteiger partial charge on any atom is -0.360 e. The van der Waals surface area contributed by atoms with Crippen molar-refractivity contribution >= 4 is 33.2 Å². The second-order valence-corrected chi connectivity index (χ2v) is 10.2. The van der Waals surface area contributed by atoms with Crippen LogP contribution in [0.25, 0.3) is 0 Å². The fourth-order valence-electron chi connectivity index (χ4n) is 3.37. The highest BCUT2D eigenvalue weighted by Gasteiger charge is 2.32. The number of thiazole rings is 1. The summed E-state index contributed by atoms with van der Waals surface area (Å²) in [6, 6.07) is 0. The van der Waals surface area contributed by atoms with Gasteiger partial charge in [-0.3, -0.25) is 25.3 Å². The smallest absolute Gasteiger partial charge is 0.252 e. The van der Waals surface area contributed by atoms with Crippen LogP contribution in [0.4, 0.5) is 0 Å². The molecule has 2 amide bonds. The number of carbonyl (C=O) groups excluding carboxylic acids is 2. The van der Waals surface area contributed by atoms with Crippen molar-refractivity contribution in [3.8, 4) is 0 Å². The highest BCUT2D eigenvalue weighted by Crippen LogP contribution is 2.24. The topological polar surface area (TPSA) is 138 Å². The summed E-state index contributed by atoms with van der Waals surface area (Å²) in [6.07, 6.45) is 0.669. The molecule has 1 saturated heterocycles. The largest absolute Gasteiger partial charge is 0.360 e. The van der Waals surface area contributed by atoms with Crippen LogP contribution in [-0.2, 0) is 26.0 Å². The van der Waals surface area contributed by atoms with E-state index in [1.165, 1.54) is 15.6 Å². The number of nitrogens with zero attached hydrogens (tertiary/aromatic N) is 4. The molecule has 1 fully saturated rings. The summed E-state index contributed by atoms with van der Waals surface area (Å²) in [6.45, 7) is 6.62. The van der Waals surface area contributed by atoms with E-state index >= 15 is 0 Å². The molecule has 1 aliphatic heterocycles. The van der Waals surface area contributed by atoms with Crippen molar-refractivity contribution in [2.24, 2.45) is 0 Å². The van der Waals surface area contributed by atoms with Crippen molar-refractivity contribution in [3.05, 3.63) is 27.5 Å². The van der Waals surface area contributed by atoms with Crippen LogP contribution >= 0.6 is 11.3 Å². The van der Waals surface area contributed by atoms with E-state index in [1.807, 2.05) is 17.2 Å². The minimum atomic E-state index is -3.72. The summed E-state index contributed by atoms with van der Waals surface area (Å²) >= 11 is 1.39. The number of sulfonamides is 1. The number of rotatable bonds is 6. The maximum atomic E-state index is 13.0. The van der Waals surface area contributed by atoms with Gasteiger partial charge in [-0.1, -0.05) is 5.16 Å². The summed E-state index contributed by atoms with van der Waals surface area (Å²) < 4.78 is 32.4. The predicted octanol–water partition coefficient (Wildman–Crippen LogP) is 0.143. The van der Waals surface area contributed by atoms with Gasteiger partial charge in [0.15, 0.2) is 5.76 Å². The second-order valence-electron chi connectivity index (χ2n) is 7.34. The summed E-state index contributed by atoms with van der Waals surface area (Å²) in [5.41, 5.74) is 5.97. The maximum absolute atomic E-state index is 13.0. The molecule has 0 aliphatic carbocycles. The fraction of sp³-hybridized carbons (Fsp3) is 0.556. The Kier molecular flexibility index (Phi) is 7.41. The molecule has 1 aliphatic rings. The molecule has 0 radical (unpaired) electrons. The Morgan fingerprint density at radius 3 is 2.52 bits per heavy atom. The van der Waals surface area contributed by atoms with E-state index in [2.05, 4.69) is 21.0 Å². The number of amides is 2. The normalized spacial score (nSPS) is 16.1. The molecule has 170 valence electrons. The molecular formula is C18H26N6O5S2. The first-order valence-electron chi connectivity index (χ1n) is 9.81. The molecule has 0 spiro atoms. The third-order valence-corrected chi connectivity index (χ3v) is 7.91. The van der Waals surface area contributed by atoms with Gasteiger partial charge in [0.1, 0.15) is 15.6 Å². The van der Waals surface area contributed by atoms with Crippen LogP contribution in [0.5, 0.6) is 0 Å². The average molecular weight is 471 g/mol. The number of carbonyl (C=O) groups is 2. The SMILES string of the molecule is Cc1csc(CC(=O)NNC(=O)CN2CCCN(S(=O)(=O)c3c(C)noc3C)CC2)n1. The molecule has 3 heterocycles. The van der Waals surface area contributed by atoms with Crippen molar-refractivity contribution < 1.29 is 22.5 Å². The first-order valence-corrected chi connectivity index (χ1v) is 12.1. The zero-order valence-corrected chi connectivity index (χ0v) is 19.3. The lowest BCUT2D eigenvalue weighted by Crippen LogP contribution is -2.47. The Labute approximate surface area is 184 Å². The number of hydrogen-bond acceptors (Lipinski definition) is 9. The molecule has 11 nitrogen and oxygen atoms in total. The van der Waals surface area contributed by atoms with E-state index in [0.717, 1.165) is 5.69 Å². The van der Waals surface area contributed by atoms with Crippen molar-refractivity contribution in [3.63, 3.8) is 0 Å². The molecule has 13 heteroatoms. The van der Waals surface area contributed by atoms with Crippen LogP contribution in [0, 0.1) is 20.8 Å². The fourth-order valence-corrected chi connectivity index (χ4v) is 5.90. The number of hydrazine groups is 1. The van der Waals surface area contributed by atoms with Gasteiger partial charge in [-0.15, -0.1) is 11.3 Å². The Hall–Kier alpha value is -2.35. The summed E-state index contributed by atoms with van der Waals surface area (Å²) in [4.78, 5) is 30.3. The number of aromatic nitrogens is 2. The van der Waals surface area contributed by atoms with E-state index in [-0.39, 0.29) is 42.0 Å². The van der Waals surface area contributed by atoms with Gasteiger partial charge in [-0.05, 0) is 33.7 Å². The first-order chi connectivity index (χ1) is 14.7. The average Bonchev–Trinajstić information content (AvgIpc) is 3.16. The van der Waals surface area contributed by atoms with Crippen LogP contribution in [0.1, 0.15) is 28.6 Å². The number of nitrogens with one attached hydrogen (secondary N) is 2. The van der Waals surface area contributed by atoms with Gasteiger partial charge in [-0.2, -0.15) is 4.31 Å². The zero-order valence-electron chi connectivity index (χ0n) is 17.7. The maximum Gasteiger partial charge on any atom is 0.252 e. The van der Waals surface area contributed by atoms with Crippen LogP contribution in [-0.4, -0.2) is 72.3 Å². The van der Waals surface area contributed by atoms with Gasteiger partial charge in [0.25, 0.3) is 5.91 Å². The van der Waals surface area contributed by atoms with Gasteiger partial charge >= 0.3 is 0 Å². The molecule has 0 saturated carbocycles. The predicted molar refractivity (Wildman–Crippen MR) is 113 cm³/mol. The van der Waals surface area contributed by atoms with Crippen LogP contribution in [0.15, 0.2) is 14.8 Å². The Morgan fingerprint density at radius 1 is 1.13 bits per heavy atom. The molecule has 0 atom stereocenters. The van der Waals surface area contributed by atoms with Gasteiger partial charge in [0.05, 0.1) is 13.0 Å².